The Morgan fingerprint density at radius 2 is 1.92 bits per heavy atom. The van der Waals surface area contributed by atoms with E-state index in [0.717, 1.165) is 0 Å². The summed E-state index contributed by atoms with van der Waals surface area (Å²) in [5.41, 5.74) is 2.46. The van der Waals surface area contributed by atoms with Crippen molar-refractivity contribution >= 4 is 17.6 Å². The van der Waals surface area contributed by atoms with Crippen LogP contribution in [-0.4, -0.2) is 6.26 Å². The predicted molar refractivity (Wildman–Crippen MR) is 59.7 cm³/mol. The van der Waals surface area contributed by atoms with Crippen LogP contribution in [0.15, 0.2) is 24.3 Å². The summed E-state index contributed by atoms with van der Waals surface area (Å²) >= 11 is 1.61. The normalized spacial score (nSPS) is 8.33. The van der Waals surface area contributed by atoms with E-state index in [1.54, 1.807) is 11.9 Å². The summed E-state index contributed by atoms with van der Waals surface area (Å²) in [7, 11) is 0. The van der Waals surface area contributed by atoms with Crippen LogP contribution in [0.5, 0.6) is 0 Å². The molecular weight excluding hydrogens is 166 g/mol. The van der Waals surface area contributed by atoms with Crippen LogP contribution in [0, 0.1) is 6.92 Å². The van der Waals surface area contributed by atoms with E-state index < -0.39 is 0 Å². The fraction of sp³-hybridized carbons (Fsp3) is 0.400. The molecule has 0 unspecified atom stereocenters. The maximum atomic E-state index is 3.16. The maximum absolute atomic E-state index is 3.16. The first-order chi connectivity index (χ1) is 5.83. The molecule has 0 radical (unpaired) electrons. The van der Waals surface area contributed by atoms with Crippen molar-refractivity contribution in [2.24, 2.45) is 0 Å². The number of anilines is 1. The van der Waals surface area contributed by atoms with E-state index in [1.807, 2.05) is 26.2 Å². The summed E-state index contributed by atoms with van der Waals surface area (Å²) in [6.45, 7) is 6.09. The van der Waals surface area contributed by atoms with E-state index in [4.69, 9.17) is 0 Å². The Morgan fingerprint density at radius 1 is 1.25 bits per heavy atom. The second kappa shape index (κ2) is 7.04. The summed E-state index contributed by atoms with van der Waals surface area (Å²) in [5, 5.41) is 0. The van der Waals surface area contributed by atoms with Gasteiger partial charge in [-0.25, -0.2) is 0 Å². The average Bonchev–Trinajstić information content (AvgIpc) is 2.09. The van der Waals surface area contributed by atoms with E-state index >= 15 is 0 Å². The van der Waals surface area contributed by atoms with Crippen molar-refractivity contribution in [3.8, 4) is 0 Å². The summed E-state index contributed by atoms with van der Waals surface area (Å²) in [6, 6.07) is 8.32. The second-order valence-corrected chi connectivity index (χ2v) is 2.79. The van der Waals surface area contributed by atoms with Crippen molar-refractivity contribution in [2.75, 3.05) is 11.0 Å². The summed E-state index contributed by atoms with van der Waals surface area (Å²) in [4.78, 5) is 0. The Balaban J connectivity index is 0.000000561. The van der Waals surface area contributed by atoms with Gasteiger partial charge in [0.25, 0.3) is 0 Å². The molecule has 0 aliphatic carbocycles. The highest BCUT2D eigenvalue weighted by atomic mass is 32.2. The molecule has 1 nitrogen and oxygen atoms in total. The van der Waals surface area contributed by atoms with Crippen molar-refractivity contribution in [3.63, 3.8) is 0 Å². The lowest BCUT2D eigenvalue weighted by atomic mass is 10.2. The molecule has 0 saturated heterocycles. The molecule has 1 rings (SSSR count). The van der Waals surface area contributed by atoms with Gasteiger partial charge in [0.05, 0.1) is 0 Å². The molecule has 1 N–H and O–H groups in total. The first kappa shape index (κ1) is 11.4. The van der Waals surface area contributed by atoms with Gasteiger partial charge in [-0.3, -0.25) is 0 Å². The Labute approximate surface area is 79.7 Å². The fourth-order valence-electron chi connectivity index (χ4n) is 0.826. The number of rotatable bonds is 2. The van der Waals surface area contributed by atoms with Gasteiger partial charge in [0.2, 0.25) is 0 Å². The molecule has 0 aromatic heterocycles. The molecule has 68 valence electrons. The van der Waals surface area contributed by atoms with Crippen LogP contribution in [0.1, 0.15) is 19.4 Å². The van der Waals surface area contributed by atoms with Gasteiger partial charge in [-0.1, -0.05) is 37.9 Å². The van der Waals surface area contributed by atoms with Crippen molar-refractivity contribution in [2.45, 2.75) is 20.8 Å². The third-order valence-electron chi connectivity index (χ3n) is 1.24. The number of aryl methyl sites for hydroxylation is 1. The minimum absolute atomic E-state index is 1.17. The molecule has 12 heavy (non-hydrogen) atoms. The van der Waals surface area contributed by atoms with Gasteiger partial charge in [-0.15, -0.1) is 0 Å². The topological polar surface area (TPSA) is 12.0 Å². The molecule has 0 amide bonds. The lowest BCUT2D eigenvalue weighted by molar-refractivity contribution is 1.47. The molecule has 0 aliphatic heterocycles. The number of benzene rings is 1. The fourth-order valence-corrected chi connectivity index (χ4v) is 1.19. The zero-order valence-corrected chi connectivity index (χ0v) is 9.03. The quantitative estimate of drug-likeness (QED) is 0.701. The largest absolute Gasteiger partial charge is 0.330 e. The molecule has 0 saturated carbocycles. The molecule has 0 fully saturated rings. The monoisotopic (exact) mass is 183 g/mol. The summed E-state index contributed by atoms with van der Waals surface area (Å²) in [5.74, 6) is 0. The Bertz CT molecular complexity index is 211. The van der Waals surface area contributed by atoms with Gasteiger partial charge in [-0.2, -0.15) is 0 Å². The van der Waals surface area contributed by atoms with E-state index in [2.05, 4.69) is 29.8 Å². The van der Waals surface area contributed by atoms with Crippen LogP contribution in [-0.2, 0) is 0 Å². The van der Waals surface area contributed by atoms with Gasteiger partial charge < -0.3 is 4.72 Å². The summed E-state index contributed by atoms with van der Waals surface area (Å²) < 4.78 is 3.16. The Hall–Kier alpha value is -0.630. The predicted octanol–water partition coefficient (Wildman–Crippen LogP) is 3.71. The first-order valence-electron chi connectivity index (χ1n) is 4.18. The van der Waals surface area contributed by atoms with Crippen molar-refractivity contribution in [1.82, 2.24) is 0 Å². The Morgan fingerprint density at radius 3 is 2.42 bits per heavy atom. The molecule has 0 spiro atoms. The molecule has 0 heterocycles. The van der Waals surface area contributed by atoms with Gasteiger partial charge in [-0.05, 0) is 24.6 Å². The molecule has 1 aromatic carbocycles. The first-order valence-corrected chi connectivity index (χ1v) is 5.41. The number of hydrogen-bond donors (Lipinski definition) is 1. The lowest BCUT2D eigenvalue weighted by Crippen LogP contribution is -1.83. The third kappa shape index (κ3) is 4.29. The number of nitrogens with one attached hydrogen (secondary N) is 1. The molecular formula is C10H17NS. The van der Waals surface area contributed by atoms with Crippen LogP contribution in [0.25, 0.3) is 0 Å². The van der Waals surface area contributed by atoms with Crippen LogP contribution in [0.2, 0.25) is 0 Å². The van der Waals surface area contributed by atoms with Crippen LogP contribution in [0.3, 0.4) is 0 Å². The van der Waals surface area contributed by atoms with E-state index in [9.17, 15) is 0 Å². The Kier molecular flexibility index (Phi) is 6.67. The SMILES string of the molecule is CC.CSNc1cccc(C)c1. The van der Waals surface area contributed by atoms with Crippen LogP contribution >= 0.6 is 11.9 Å². The van der Waals surface area contributed by atoms with Crippen molar-refractivity contribution < 1.29 is 0 Å². The average molecular weight is 183 g/mol. The standard InChI is InChI=1S/C8H11NS.C2H6/c1-7-4-3-5-8(6-7)9-10-2;1-2/h3-6,9H,1-2H3;1-2H3. The zero-order valence-electron chi connectivity index (χ0n) is 8.22. The molecule has 2 heteroatoms. The van der Waals surface area contributed by atoms with E-state index in [0.29, 0.717) is 0 Å². The molecule has 0 atom stereocenters. The maximum Gasteiger partial charge on any atom is 0.0442 e. The highest BCUT2D eigenvalue weighted by molar-refractivity contribution is 7.99. The van der Waals surface area contributed by atoms with E-state index in [1.165, 1.54) is 11.3 Å². The lowest BCUT2D eigenvalue weighted by Gasteiger charge is -2.01. The second-order valence-electron chi connectivity index (χ2n) is 2.18. The van der Waals surface area contributed by atoms with Gasteiger partial charge in [0.15, 0.2) is 0 Å². The minimum atomic E-state index is 1.17. The smallest absolute Gasteiger partial charge is 0.0442 e. The highest BCUT2D eigenvalue weighted by Gasteiger charge is 1.87. The van der Waals surface area contributed by atoms with Crippen molar-refractivity contribution in [3.05, 3.63) is 29.8 Å². The van der Waals surface area contributed by atoms with Crippen LogP contribution < -0.4 is 4.72 Å². The zero-order chi connectivity index (χ0) is 9.40. The minimum Gasteiger partial charge on any atom is -0.330 e. The van der Waals surface area contributed by atoms with Gasteiger partial charge in [0, 0.05) is 11.9 Å². The van der Waals surface area contributed by atoms with E-state index in [-0.39, 0.29) is 0 Å². The molecule has 0 bridgehead atoms. The van der Waals surface area contributed by atoms with Gasteiger partial charge >= 0.3 is 0 Å². The van der Waals surface area contributed by atoms with Crippen molar-refractivity contribution in [1.29, 1.82) is 0 Å². The van der Waals surface area contributed by atoms with Crippen LogP contribution in [0.4, 0.5) is 5.69 Å². The number of hydrogen-bond acceptors (Lipinski definition) is 2. The third-order valence-corrected chi connectivity index (χ3v) is 1.68. The van der Waals surface area contributed by atoms with Gasteiger partial charge in [0.1, 0.15) is 0 Å². The summed E-state index contributed by atoms with van der Waals surface area (Å²) in [6.07, 6.45) is 2.02. The molecule has 1 aromatic rings. The molecule has 0 aliphatic rings. The highest BCUT2D eigenvalue weighted by Crippen LogP contribution is 2.11.